The van der Waals surface area contributed by atoms with Gasteiger partial charge in [-0.2, -0.15) is 0 Å². The zero-order valence-corrected chi connectivity index (χ0v) is 10.4. The van der Waals surface area contributed by atoms with E-state index in [2.05, 4.69) is 13.8 Å². The van der Waals surface area contributed by atoms with Crippen molar-refractivity contribution in [3.05, 3.63) is 30.1 Å². The summed E-state index contributed by atoms with van der Waals surface area (Å²) in [4.78, 5) is 0. The molecule has 1 aliphatic carbocycles. The van der Waals surface area contributed by atoms with Crippen LogP contribution in [0.15, 0.2) is 24.3 Å². The van der Waals surface area contributed by atoms with E-state index in [4.69, 9.17) is 10.5 Å². The summed E-state index contributed by atoms with van der Waals surface area (Å²) >= 11 is 0. The molecule has 0 radical (unpaired) electrons. The molecule has 2 N–H and O–H groups in total. The van der Waals surface area contributed by atoms with E-state index in [0.717, 1.165) is 19.3 Å². The van der Waals surface area contributed by atoms with E-state index in [-0.39, 0.29) is 23.4 Å². The predicted molar refractivity (Wildman–Crippen MR) is 66.4 cm³/mol. The lowest BCUT2D eigenvalue weighted by Crippen LogP contribution is -2.63. The Labute approximate surface area is 102 Å². The van der Waals surface area contributed by atoms with Crippen molar-refractivity contribution >= 4 is 0 Å². The van der Waals surface area contributed by atoms with Gasteiger partial charge in [0.05, 0.1) is 0 Å². The monoisotopic (exact) mass is 237 g/mol. The summed E-state index contributed by atoms with van der Waals surface area (Å²) in [6.07, 6.45) is 2.81. The Bertz CT molecular complexity index is 390. The van der Waals surface area contributed by atoms with Gasteiger partial charge in [-0.25, -0.2) is 4.39 Å². The van der Waals surface area contributed by atoms with Crippen molar-refractivity contribution in [2.24, 2.45) is 11.1 Å². The maximum Gasteiger partial charge on any atom is 0.165 e. The molecule has 94 valence electrons. The van der Waals surface area contributed by atoms with E-state index in [1.807, 2.05) is 0 Å². The predicted octanol–water partition coefficient (Wildman–Crippen LogP) is 3.11. The maximum atomic E-state index is 13.5. The van der Waals surface area contributed by atoms with Crippen LogP contribution < -0.4 is 10.5 Å². The molecule has 3 heteroatoms. The van der Waals surface area contributed by atoms with Gasteiger partial charge in [-0.1, -0.05) is 26.0 Å². The van der Waals surface area contributed by atoms with Crippen molar-refractivity contribution < 1.29 is 9.13 Å². The van der Waals surface area contributed by atoms with Crippen LogP contribution >= 0.6 is 0 Å². The van der Waals surface area contributed by atoms with Gasteiger partial charge in [0.2, 0.25) is 0 Å². The van der Waals surface area contributed by atoms with Crippen LogP contribution in [0.2, 0.25) is 0 Å². The van der Waals surface area contributed by atoms with Gasteiger partial charge in [-0.15, -0.1) is 0 Å². The second kappa shape index (κ2) is 4.65. The molecule has 2 unspecified atom stereocenters. The Morgan fingerprint density at radius 2 is 2.00 bits per heavy atom. The number of rotatable bonds is 4. The molecule has 0 amide bonds. The van der Waals surface area contributed by atoms with Crippen molar-refractivity contribution in [2.75, 3.05) is 0 Å². The average molecular weight is 237 g/mol. The van der Waals surface area contributed by atoms with Gasteiger partial charge >= 0.3 is 0 Å². The van der Waals surface area contributed by atoms with Crippen molar-refractivity contribution in [3.63, 3.8) is 0 Å². The Hall–Kier alpha value is -1.09. The van der Waals surface area contributed by atoms with Crippen LogP contribution in [0.3, 0.4) is 0 Å². The van der Waals surface area contributed by atoms with Crippen molar-refractivity contribution in [2.45, 2.75) is 45.3 Å². The van der Waals surface area contributed by atoms with Crippen LogP contribution in [0.5, 0.6) is 5.75 Å². The normalized spacial score (nSPS) is 26.4. The maximum absolute atomic E-state index is 13.5. The number of ether oxygens (including phenoxy) is 1. The summed E-state index contributed by atoms with van der Waals surface area (Å²) in [5.74, 6) is 0.0461. The molecule has 1 saturated carbocycles. The summed E-state index contributed by atoms with van der Waals surface area (Å²) in [7, 11) is 0. The SMILES string of the molecule is CCC1(CC)C(N)CC1Oc1ccccc1F. The van der Waals surface area contributed by atoms with Gasteiger partial charge in [0.1, 0.15) is 6.10 Å². The lowest BCUT2D eigenvalue weighted by atomic mass is 9.59. The van der Waals surface area contributed by atoms with Gasteiger partial charge in [-0.05, 0) is 25.0 Å². The van der Waals surface area contributed by atoms with Crippen LogP contribution in [-0.2, 0) is 0 Å². The molecule has 0 saturated heterocycles. The number of halogens is 1. The molecule has 0 aliphatic heterocycles. The van der Waals surface area contributed by atoms with Crippen LogP contribution in [0.4, 0.5) is 4.39 Å². The van der Waals surface area contributed by atoms with Gasteiger partial charge in [0.25, 0.3) is 0 Å². The molecule has 17 heavy (non-hydrogen) atoms. The lowest BCUT2D eigenvalue weighted by Gasteiger charge is -2.53. The van der Waals surface area contributed by atoms with Gasteiger partial charge in [-0.3, -0.25) is 0 Å². The number of para-hydroxylation sites is 1. The topological polar surface area (TPSA) is 35.2 Å². The van der Waals surface area contributed by atoms with Crippen LogP contribution in [0, 0.1) is 11.2 Å². The highest BCUT2D eigenvalue weighted by molar-refractivity contribution is 5.25. The second-order valence-electron chi connectivity index (χ2n) is 4.82. The van der Waals surface area contributed by atoms with Crippen LogP contribution in [-0.4, -0.2) is 12.1 Å². The number of hydrogen-bond donors (Lipinski definition) is 1. The van der Waals surface area contributed by atoms with E-state index >= 15 is 0 Å². The van der Waals surface area contributed by atoms with Crippen LogP contribution in [0.25, 0.3) is 0 Å². The minimum atomic E-state index is -0.297. The third-order valence-corrected chi connectivity index (χ3v) is 4.27. The Balaban J connectivity index is 2.13. The summed E-state index contributed by atoms with van der Waals surface area (Å²) in [6, 6.07) is 6.73. The Morgan fingerprint density at radius 3 is 2.53 bits per heavy atom. The zero-order chi connectivity index (χ0) is 12.5. The molecule has 0 aromatic heterocycles. The number of benzene rings is 1. The zero-order valence-electron chi connectivity index (χ0n) is 10.4. The molecule has 0 spiro atoms. The molecular formula is C14H20FNO. The molecule has 2 nitrogen and oxygen atoms in total. The highest BCUT2D eigenvalue weighted by Crippen LogP contribution is 2.47. The average Bonchev–Trinajstić information content (AvgIpc) is 2.33. The van der Waals surface area contributed by atoms with Crippen LogP contribution in [0.1, 0.15) is 33.1 Å². The molecule has 2 rings (SSSR count). The molecule has 0 bridgehead atoms. The quantitative estimate of drug-likeness (QED) is 0.873. The van der Waals surface area contributed by atoms with Gasteiger partial charge < -0.3 is 10.5 Å². The van der Waals surface area contributed by atoms with Crippen molar-refractivity contribution in [1.29, 1.82) is 0 Å². The summed E-state index contributed by atoms with van der Waals surface area (Å²) < 4.78 is 19.3. The Kier molecular flexibility index (Phi) is 3.38. The number of nitrogens with two attached hydrogens (primary N) is 1. The highest BCUT2D eigenvalue weighted by atomic mass is 19.1. The second-order valence-corrected chi connectivity index (χ2v) is 4.82. The van der Waals surface area contributed by atoms with Crippen molar-refractivity contribution in [3.8, 4) is 5.75 Å². The fraction of sp³-hybridized carbons (Fsp3) is 0.571. The third kappa shape index (κ3) is 1.93. The molecule has 1 aromatic rings. The van der Waals surface area contributed by atoms with Crippen molar-refractivity contribution in [1.82, 2.24) is 0 Å². The first kappa shape index (κ1) is 12.4. The summed E-state index contributed by atoms with van der Waals surface area (Å²) in [5, 5.41) is 0. The van der Waals surface area contributed by atoms with E-state index in [0.29, 0.717) is 5.75 Å². The smallest absolute Gasteiger partial charge is 0.165 e. The summed E-state index contributed by atoms with van der Waals surface area (Å²) in [6.45, 7) is 4.25. The fourth-order valence-corrected chi connectivity index (χ4v) is 2.87. The summed E-state index contributed by atoms with van der Waals surface area (Å²) in [5.41, 5.74) is 6.10. The van der Waals surface area contributed by atoms with E-state index < -0.39 is 0 Å². The molecule has 1 aliphatic rings. The van der Waals surface area contributed by atoms with E-state index in [9.17, 15) is 4.39 Å². The molecule has 1 aromatic carbocycles. The molecule has 1 fully saturated rings. The first-order valence-electron chi connectivity index (χ1n) is 6.30. The Morgan fingerprint density at radius 1 is 1.35 bits per heavy atom. The third-order valence-electron chi connectivity index (χ3n) is 4.27. The van der Waals surface area contributed by atoms with Gasteiger partial charge in [0.15, 0.2) is 11.6 Å². The van der Waals surface area contributed by atoms with Gasteiger partial charge in [0, 0.05) is 17.9 Å². The minimum Gasteiger partial charge on any atom is -0.487 e. The first-order chi connectivity index (χ1) is 8.14. The molecule has 2 atom stereocenters. The largest absolute Gasteiger partial charge is 0.487 e. The fourth-order valence-electron chi connectivity index (χ4n) is 2.87. The number of hydrogen-bond acceptors (Lipinski definition) is 2. The minimum absolute atomic E-state index is 0.0162. The van der Waals surface area contributed by atoms with E-state index in [1.165, 1.54) is 6.07 Å². The molecule has 0 heterocycles. The lowest BCUT2D eigenvalue weighted by molar-refractivity contribution is -0.0737. The standard InChI is InChI=1S/C14H20FNO/c1-3-14(4-2)12(16)9-13(14)17-11-8-6-5-7-10(11)15/h5-8,12-13H,3-4,9,16H2,1-2H3. The molecular weight excluding hydrogens is 217 g/mol. The van der Waals surface area contributed by atoms with E-state index in [1.54, 1.807) is 18.2 Å². The first-order valence-corrected chi connectivity index (χ1v) is 6.30. The highest BCUT2D eigenvalue weighted by Gasteiger charge is 2.52.